The molecule has 136 valence electrons. The van der Waals surface area contributed by atoms with Gasteiger partial charge in [0.1, 0.15) is 11.5 Å². The van der Waals surface area contributed by atoms with Crippen molar-refractivity contribution in [1.29, 1.82) is 0 Å². The number of hydrogen-bond donors (Lipinski definition) is 2. The Balaban J connectivity index is 1.63. The number of para-hydroxylation sites is 1. The molecule has 0 aliphatic carbocycles. The topological polar surface area (TPSA) is 67.4 Å². The zero-order valence-electron chi connectivity index (χ0n) is 14.9. The van der Waals surface area contributed by atoms with Gasteiger partial charge in [-0.05, 0) is 42.0 Å². The Kier molecular flexibility index (Phi) is 5.84. The Morgan fingerprint density at radius 1 is 0.852 bits per heavy atom. The lowest BCUT2D eigenvalue weighted by molar-refractivity contribution is -0.119. The molecule has 0 unspecified atom stereocenters. The van der Waals surface area contributed by atoms with Crippen LogP contribution in [0.3, 0.4) is 0 Å². The zero-order valence-corrected chi connectivity index (χ0v) is 14.9. The maximum absolute atomic E-state index is 12.4. The molecule has 27 heavy (non-hydrogen) atoms. The Morgan fingerprint density at radius 3 is 2.26 bits per heavy atom. The van der Waals surface area contributed by atoms with E-state index in [0.717, 1.165) is 11.3 Å². The fraction of sp³-hybridized carbons (Fsp3) is 0.0909. The van der Waals surface area contributed by atoms with Crippen molar-refractivity contribution in [2.75, 3.05) is 5.32 Å². The van der Waals surface area contributed by atoms with Gasteiger partial charge in [-0.25, -0.2) is 0 Å². The highest BCUT2D eigenvalue weighted by Gasteiger charge is 2.07. The Hall–Kier alpha value is -3.60. The quantitative estimate of drug-likeness (QED) is 0.686. The molecule has 0 saturated heterocycles. The predicted molar refractivity (Wildman–Crippen MR) is 105 cm³/mol. The highest BCUT2D eigenvalue weighted by Crippen LogP contribution is 2.24. The molecule has 3 aromatic carbocycles. The van der Waals surface area contributed by atoms with Crippen LogP contribution in [0.4, 0.5) is 5.69 Å². The summed E-state index contributed by atoms with van der Waals surface area (Å²) in [7, 11) is 0. The molecule has 0 saturated carbocycles. The molecule has 0 aliphatic rings. The Labute approximate surface area is 158 Å². The van der Waals surface area contributed by atoms with E-state index in [4.69, 9.17) is 4.74 Å². The van der Waals surface area contributed by atoms with E-state index in [1.54, 1.807) is 24.3 Å². The van der Waals surface area contributed by atoms with Crippen molar-refractivity contribution in [1.82, 2.24) is 5.32 Å². The van der Waals surface area contributed by atoms with Gasteiger partial charge in [-0.1, -0.05) is 36.4 Å². The maximum Gasteiger partial charge on any atom is 0.255 e. The van der Waals surface area contributed by atoms with Crippen LogP contribution in [0.25, 0.3) is 0 Å². The van der Waals surface area contributed by atoms with E-state index in [1.165, 1.54) is 6.92 Å². The summed E-state index contributed by atoms with van der Waals surface area (Å²) >= 11 is 0. The molecule has 5 heteroatoms. The van der Waals surface area contributed by atoms with Gasteiger partial charge < -0.3 is 15.4 Å². The summed E-state index contributed by atoms with van der Waals surface area (Å²) in [5.41, 5.74) is 2.12. The monoisotopic (exact) mass is 360 g/mol. The van der Waals surface area contributed by atoms with Gasteiger partial charge >= 0.3 is 0 Å². The summed E-state index contributed by atoms with van der Waals surface area (Å²) in [5.74, 6) is 1.08. The van der Waals surface area contributed by atoms with E-state index in [9.17, 15) is 9.59 Å². The van der Waals surface area contributed by atoms with Crippen molar-refractivity contribution in [3.05, 3.63) is 90.0 Å². The molecule has 0 radical (unpaired) electrons. The lowest BCUT2D eigenvalue weighted by Gasteiger charge is -2.09. The molecule has 0 atom stereocenters. The molecule has 0 spiro atoms. The average Bonchev–Trinajstić information content (AvgIpc) is 2.68. The van der Waals surface area contributed by atoms with E-state index in [0.29, 0.717) is 23.5 Å². The number of hydrogen-bond acceptors (Lipinski definition) is 3. The van der Waals surface area contributed by atoms with Crippen LogP contribution in [0, 0.1) is 0 Å². The van der Waals surface area contributed by atoms with Crippen LogP contribution >= 0.6 is 0 Å². The van der Waals surface area contributed by atoms with Gasteiger partial charge in [0.05, 0.1) is 0 Å². The molecule has 0 aromatic heterocycles. The summed E-state index contributed by atoms with van der Waals surface area (Å²) < 4.78 is 5.78. The number of rotatable bonds is 6. The largest absolute Gasteiger partial charge is 0.457 e. The SMILES string of the molecule is CC(=O)NCc1ccc(C(=O)Nc2cccc(Oc3ccccc3)c2)cc1. The first kappa shape index (κ1) is 18.2. The van der Waals surface area contributed by atoms with E-state index in [-0.39, 0.29) is 11.8 Å². The number of anilines is 1. The van der Waals surface area contributed by atoms with Crippen LogP contribution in [0.5, 0.6) is 11.5 Å². The minimum Gasteiger partial charge on any atom is -0.457 e. The highest BCUT2D eigenvalue weighted by atomic mass is 16.5. The van der Waals surface area contributed by atoms with Gasteiger partial charge in [0.25, 0.3) is 5.91 Å². The third-order valence-corrected chi connectivity index (χ3v) is 3.83. The van der Waals surface area contributed by atoms with E-state index in [1.807, 2.05) is 54.6 Å². The fourth-order valence-corrected chi connectivity index (χ4v) is 2.47. The molecular weight excluding hydrogens is 340 g/mol. The molecule has 3 aromatic rings. The van der Waals surface area contributed by atoms with Gasteiger partial charge in [-0.3, -0.25) is 9.59 Å². The zero-order chi connectivity index (χ0) is 19.1. The van der Waals surface area contributed by atoms with Crippen LogP contribution in [-0.2, 0) is 11.3 Å². The lowest BCUT2D eigenvalue weighted by atomic mass is 10.1. The molecule has 0 fully saturated rings. The standard InChI is InChI=1S/C22H20N2O3/c1-16(25)23-15-17-10-12-18(13-11-17)22(26)24-19-6-5-9-21(14-19)27-20-7-3-2-4-8-20/h2-14H,15H2,1H3,(H,23,25)(H,24,26). The van der Waals surface area contributed by atoms with E-state index < -0.39 is 0 Å². The van der Waals surface area contributed by atoms with Crippen LogP contribution in [0.1, 0.15) is 22.8 Å². The summed E-state index contributed by atoms with van der Waals surface area (Å²) in [6, 6.07) is 23.8. The fourth-order valence-electron chi connectivity index (χ4n) is 2.47. The molecule has 2 N–H and O–H groups in total. The van der Waals surface area contributed by atoms with Gasteiger partial charge in [-0.15, -0.1) is 0 Å². The van der Waals surface area contributed by atoms with Crippen molar-refractivity contribution in [2.45, 2.75) is 13.5 Å². The summed E-state index contributed by atoms with van der Waals surface area (Å²) in [6.07, 6.45) is 0. The number of carbonyl (C=O) groups excluding carboxylic acids is 2. The number of ether oxygens (including phenoxy) is 1. The van der Waals surface area contributed by atoms with Crippen molar-refractivity contribution in [2.24, 2.45) is 0 Å². The van der Waals surface area contributed by atoms with Crippen molar-refractivity contribution < 1.29 is 14.3 Å². The molecule has 2 amide bonds. The molecule has 0 aliphatic heterocycles. The van der Waals surface area contributed by atoms with Crippen molar-refractivity contribution in [3.63, 3.8) is 0 Å². The minimum atomic E-state index is -0.210. The summed E-state index contributed by atoms with van der Waals surface area (Å²) in [6.45, 7) is 1.91. The molecule has 3 rings (SSSR count). The normalized spacial score (nSPS) is 10.1. The van der Waals surface area contributed by atoms with E-state index >= 15 is 0 Å². The summed E-state index contributed by atoms with van der Waals surface area (Å²) in [4.78, 5) is 23.4. The number of nitrogens with one attached hydrogen (secondary N) is 2. The first-order valence-electron chi connectivity index (χ1n) is 8.58. The number of amides is 2. The Morgan fingerprint density at radius 2 is 1.56 bits per heavy atom. The van der Waals surface area contributed by atoms with Crippen LogP contribution in [0.15, 0.2) is 78.9 Å². The van der Waals surface area contributed by atoms with Crippen LogP contribution in [0.2, 0.25) is 0 Å². The van der Waals surface area contributed by atoms with Crippen LogP contribution < -0.4 is 15.4 Å². The van der Waals surface area contributed by atoms with Crippen LogP contribution in [-0.4, -0.2) is 11.8 Å². The average molecular weight is 360 g/mol. The number of benzene rings is 3. The first-order valence-corrected chi connectivity index (χ1v) is 8.58. The van der Waals surface area contributed by atoms with E-state index in [2.05, 4.69) is 10.6 Å². The van der Waals surface area contributed by atoms with Crippen molar-refractivity contribution >= 4 is 17.5 Å². The Bertz CT molecular complexity index is 922. The van der Waals surface area contributed by atoms with Crippen molar-refractivity contribution in [3.8, 4) is 11.5 Å². The lowest BCUT2D eigenvalue weighted by Crippen LogP contribution is -2.19. The smallest absolute Gasteiger partial charge is 0.255 e. The maximum atomic E-state index is 12.4. The summed E-state index contributed by atoms with van der Waals surface area (Å²) in [5, 5.41) is 5.59. The highest BCUT2D eigenvalue weighted by molar-refractivity contribution is 6.04. The molecule has 5 nitrogen and oxygen atoms in total. The third-order valence-electron chi connectivity index (χ3n) is 3.83. The first-order chi connectivity index (χ1) is 13.1. The van der Waals surface area contributed by atoms with Gasteiger partial charge in [0.15, 0.2) is 0 Å². The van der Waals surface area contributed by atoms with Gasteiger partial charge in [0, 0.05) is 30.8 Å². The van der Waals surface area contributed by atoms with Gasteiger partial charge in [0.2, 0.25) is 5.91 Å². The van der Waals surface area contributed by atoms with Gasteiger partial charge in [-0.2, -0.15) is 0 Å². The second-order valence-electron chi connectivity index (χ2n) is 6.00. The molecule has 0 heterocycles. The number of carbonyl (C=O) groups is 2. The second kappa shape index (κ2) is 8.67. The second-order valence-corrected chi connectivity index (χ2v) is 6.00. The predicted octanol–water partition coefficient (Wildman–Crippen LogP) is 4.37. The molecular formula is C22H20N2O3. The molecule has 0 bridgehead atoms. The third kappa shape index (κ3) is 5.44. The minimum absolute atomic E-state index is 0.0885.